The first-order valence-corrected chi connectivity index (χ1v) is 3.18. The summed E-state index contributed by atoms with van der Waals surface area (Å²) in [4.78, 5) is 19.4. The summed E-state index contributed by atoms with van der Waals surface area (Å²) in [5.74, 6) is -0.995. The lowest BCUT2D eigenvalue weighted by atomic mass is 10.2. The summed E-state index contributed by atoms with van der Waals surface area (Å²) in [6, 6.07) is 0. The lowest BCUT2D eigenvalue weighted by Gasteiger charge is -1.89. The second-order valence-electron chi connectivity index (χ2n) is 2.43. The summed E-state index contributed by atoms with van der Waals surface area (Å²) in [5.41, 5.74) is 0.532. The van der Waals surface area contributed by atoms with Gasteiger partial charge in [-0.15, -0.1) is 0 Å². The minimum atomic E-state index is -0.741. The molecule has 0 aliphatic carbocycles. The maximum Gasteiger partial charge on any atom is 0.305 e. The van der Waals surface area contributed by atoms with Crippen LogP contribution in [0.25, 0.3) is 0 Å². The number of rotatable bonds is 1. The number of nitrogens with one attached hydrogen (secondary N) is 1. The number of hydrogen-bond donors (Lipinski definition) is 2. The first-order valence-electron chi connectivity index (χ1n) is 3.18. The van der Waals surface area contributed by atoms with Crippen LogP contribution in [0.3, 0.4) is 0 Å². The maximum absolute atomic E-state index is 9.70. The molecule has 1 aliphatic heterocycles. The van der Waals surface area contributed by atoms with Crippen LogP contribution in [-0.2, 0) is 9.59 Å². The monoisotopic (exact) mass is 157 g/mol. The van der Waals surface area contributed by atoms with Crippen molar-refractivity contribution in [2.75, 3.05) is 0 Å². The summed E-state index contributed by atoms with van der Waals surface area (Å²) in [5, 5.41) is 10.4. The number of carbonyl (C=O) groups is 2. The Morgan fingerprint density at radius 2 is 1.82 bits per heavy atom. The maximum atomic E-state index is 9.70. The van der Waals surface area contributed by atoms with Crippen LogP contribution in [0.4, 0.5) is 0 Å². The third-order valence-electron chi connectivity index (χ3n) is 0.970. The molecule has 0 radical (unpaired) electrons. The number of amides is 1. The predicted octanol–water partition coefficient (Wildman–Crippen LogP) is 0.357. The quantitative estimate of drug-likeness (QED) is 0.426. The van der Waals surface area contributed by atoms with Crippen LogP contribution >= 0.6 is 0 Å². The second-order valence-corrected chi connectivity index (χ2v) is 2.43. The van der Waals surface area contributed by atoms with Gasteiger partial charge in [0.15, 0.2) is 0 Å². The first-order chi connectivity index (χ1) is 4.95. The zero-order valence-corrected chi connectivity index (χ0v) is 6.55. The van der Waals surface area contributed by atoms with Gasteiger partial charge in [-0.05, 0) is 0 Å². The van der Waals surface area contributed by atoms with E-state index in [0.717, 1.165) is 0 Å². The van der Waals surface area contributed by atoms with Crippen molar-refractivity contribution in [1.82, 2.24) is 5.32 Å². The molecule has 1 saturated heterocycles. The number of carboxylic acids is 1. The molecule has 4 heteroatoms. The zero-order chi connectivity index (χ0) is 9.02. The summed E-state index contributed by atoms with van der Waals surface area (Å²) < 4.78 is 0. The highest BCUT2D eigenvalue weighted by molar-refractivity contribution is 6.09. The van der Waals surface area contributed by atoms with Gasteiger partial charge in [-0.2, -0.15) is 0 Å². The van der Waals surface area contributed by atoms with Crippen molar-refractivity contribution < 1.29 is 14.7 Å². The standard InChI is InChI=1S/C4H8O2.C3H3NO/c1-3(2)4(5)6;1-2-3(5)4-2/h3H,1-2H3,(H,5,6);1H2,(H,4,5). The van der Waals surface area contributed by atoms with Gasteiger partial charge < -0.3 is 10.4 Å². The SMILES string of the molecule is C=C1NC1=O.CC(C)C(=O)O. The van der Waals surface area contributed by atoms with Crippen LogP contribution in [0.5, 0.6) is 0 Å². The van der Waals surface area contributed by atoms with E-state index in [2.05, 4.69) is 11.9 Å². The van der Waals surface area contributed by atoms with Crippen LogP contribution in [0.2, 0.25) is 0 Å². The van der Waals surface area contributed by atoms with Gasteiger partial charge in [0, 0.05) is 0 Å². The van der Waals surface area contributed by atoms with Gasteiger partial charge in [0.2, 0.25) is 0 Å². The predicted molar refractivity (Wildman–Crippen MR) is 39.8 cm³/mol. The molecule has 1 aliphatic rings. The molecule has 0 aromatic heterocycles. The molecule has 2 N–H and O–H groups in total. The molecule has 1 rings (SSSR count). The fourth-order valence-corrected chi connectivity index (χ4v) is 0.106. The van der Waals surface area contributed by atoms with E-state index >= 15 is 0 Å². The molecule has 0 bridgehead atoms. The van der Waals surface area contributed by atoms with Crippen LogP contribution in [0.1, 0.15) is 13.8 Å². The van der Waals surface area contributed by atoms with E-state index in [1.807, 2.05) is 0 Å². The summed E-state index contributed by atoms with van der Waals surface area (Å²) in [7, 11) is 0. The molecule has 1 fully saturated rings. The minimum Gasteiger partial charge on any atom is -0.481 e. The van der Waals surface area contributed by atoms with E-state index in [-0.39, 0.29) is 11.8 Å². The van der Waals surface area contributed by atoms with E-state index in [4.69, 9.17) is 5.11 Å². The minimum absolute atomic E-state index is 0.0231. The highest BCUT2D eigenvalue weighted by atomic mass is 16.4. The average molecular weight is 157 g/mol. The Balaban J connectivity index is 0.000000183. The van der Waals surface area contributed by atoms with Gasteiger partial charge in [0.1, 0.15) is 0 Å². The Hall–Kier alpha value is -1.32. The Bertz CT molecular complexity index is 184. The lowest BCUT2D eigenvalue weighted by molar-refractivity contribution is -0.140. The molecule has 62 valence electrons. The van der Waals surface area contributed by atoms with Crippen molar-refractivity contribution >= 4 is 11.9 Å². The molecule has 0 aromatic carbocycles. The number of aliphatic carboxylic acids is 1. The molecule has 1 heterocycles. The molecule has 11 heavy (non-hydrogen) atoms. The van der Waals surface area contributed by atoms with Gasteiger partial charge in [-0.25, -0.2) is 0 Å². The Labute approximate surface area is 64.9 Å². The third-order valence-corrected chi connectivity index (χ3v) is 0.970. The Morgan fingerprint density at radius 1 is 1.64 bits per heavy atom. The van der Waals surface area contributed by atoms with E-state index in [1.54, 1.807) is 13.8 Å². The lowest BCUT2D eigenvalue weighted by Crippen LogP contribution is -2.03. The fraction of sp³-hybridized carbons (Fsp3) is 0.429. The molecule has 1 amide bonds. The van der Waals surface area contributed by atoms with Crippen molar-refractivity contribution in [3.63, 3.8) is 0 Å². The van der Waals surface area contributed by atoms with Crippen LogP contribution < -0.4 is 5.32 Å². The fourth-order valence-electron chi connectivity index (χ4n) is 0.106. The highest BCUT2D eigenvalue weighted by Gasteiger charge is 2.20. The van der Waals surface area contributed by atoms with Crippen LogP contribution in [-0.4, -0.2) is 17.0 Å². The highest BCUT2D eigenvalue weighted by Crippen LogP contribution is 1.96. The zero-order valence-electron chi connectivity index (χ0n) is 6.55. The molecule has 0 spiro atoms. The summed E-state index contributed by atoms with van der Waals surface area (Å²) in [6.45, 7) is 6.57. The second kappa shape index (κ2) is 3.75. The van der Waals surface area contributed by atoms with Crippen LogP contribution in [0, 0.1) is 5.92 Å². The number of carboxylic acid groups (broad SMARTS) is 1. The van der Waals surface area contributed by atoms with Crippen molar-refractivity contribution in [3.05, 3.63) is 12.3 Å². The first kappa shape index (κ1) is 9.68. The molecule has 0 atom stereocenters. The Morgan fingerprint density at radius 3 is 1.82 bits per heavy atom. The van der Waals surface area contributed by atoms with Gasteiger partial charge in [0.25, 0.3) is 5.91 Å². The molecule has 0 unspecified atom stereocenters. The normalized spacial score (nSPS) is 13.4. The van der Waals surface area contributed by atoms with Crippen molar-refractivity contribution in [2.45, 2.75) is 13.8 Å². The van der Waals surface area contributed by atoms with E-state index in [9.17, 15) is 9.59 Å². The Kier molecular flexibility index (Phi) is 3.30. The van der Waals surface area contributed by atoms with Crippen molar-refractivity contribution in [2.24, 2.45) is 5.92 Å². The topological polar surface area (TPSA) is 76.3 Å². The number of carbonyl (C=O) groups excluding carboxylic acids is 1. The van der Waals surface area contributed by atoms with Crippen molar-refractivity contribution in [1.29, 1.82) is 0 Å². The largest absolute Gasteiger partial charge is 0.481 e. The molecule has 0 aromatic rings. The van der Waals surface area contributed by atoms with E-state index in [1.165, 1.54) is 0 Å². The van der Waals surface area contributed by atoms with Gasteiger partial charge >= 0.3 is 5.97 Å². The molecular weight excluding hydrogens is 146 g/mol. The van der Waals surface area contributed by atoms with Gasteiger partial charge in [0.05, 0.1) is 11.6 Å². The molecule has 0 saturated carbocycles. The summed E-state index contributed by atoms with van der Waals surface area (Å²) >= 11 is 0. The third kappa shape index (κ3) is 5.14. The van der Waals surface area contributed by atoms with Crippen molar-refractivity contribution in [3.8, 4) is 0 Å². The smallest absolute Gasteiger partial charge is 0.305 e. The average Bonchev–Trinajstić information content (AvgIpc) is 2.46. The molecular formula is C7H11NO3. The number of hydrogen-bond acceptors (Lipinski definition) is 2. The summed E-state index contributed by atoms with van der Waals surface area (Å²) in [6.07, 6.45) is 0. The van der Waals surface area contributed by atoms with Gasteiger partial charge in [-0.1, -0.05) is 20.4 Å². The molecule has 4 nitrogen and oxygen atoms in total. The van der Waals surface area contributed by atoms with Gasteiger partial charge in [-0.3, -0.25) is 9.59 Å². The van der Waals surface area contributed by atoms with E-state index in [0.29, 0.717) is 5.70 Å². The van der Waals surface area contributed by atoms with E-state index < -0.39 is 5.97 Å². The van der Waals surface area contributed by atoms with Crippen LogP contribution in [0.15, 0.2) is 12.3 Å².